The standard InChI is InChI=1S/C20H28Cl2N2O3/c1-14(25)7-8-23(13-16-5-6-17(21)9-18(16)22)10-15-11-24(12-15)19(26)27-20(2,3)4/h5-6,9,15H,7-8,10-13H2,1-4H3. The number of Topliss-reactive ketones (excluding diaryl/α,β-unsaturated/α-hetero) is 1. The van der Waals surface area contributed by atoms with Crippen molar-refractivity contribution in [1.29, 1.82) is 0 Å². The van der Waals surface area contributed by atoms with Crippen LogP contribution in [0.2, 0.25) is 10.0 Å². The van der Waals surface area contributed by atoms with Crippen molar-refractivity contribution >= 4 is 35.1 Å². The fourth-order valence-corrected chi connectivity index (χ4v) is 3.44. The lowest BCUT2D eigenvalue weighted by molar-refractivity contribution is -0.117. The Bertz CT molecular complexity index is 682. The average Bonchev–Trinajstić information content (AvgIpc) is 2.47. The summed E-state index contributed by atoms with van der Waals surface area (Å²) >= 11 is 12.3. The molecule has 2 rings (SSSR count). The smallest absolute Gasteiger partial charge is 0.410 e. The van der Waals surface area contributed by atoms with Gasteiger partial charge in [-0.1, -0.05) is 29.3 Å². The van der Waals surface area contributed by atoms with Gasteiger partial charge in [0.05, 0.1) is 0 Å². The summed E-state index contributed by atoms with van der Waals surface area (Å²) in [6.07, 6.45) is 0.225. The van der Waals surface area contributed by atoms with Crippen LogP contribution in [-0.4, -0.2) is 53.5 Å². The monoisotopic (exact) mass is 414 g/mol. The van der Waals surface area contributed by atoms with Gasteiger partial charge in [0, 0.05) is 55.1 Å². The van der Waals surface area contributed by atoms with Gasteiger partial charge in [-0.05, 0) is 45.4 Å². The van der Waals surface area contributed by atoms with E-state index in [1.165, 1.54) is 0 Å². The van der Waals surface area contributed by atoms with Crippen LogP contribution in [0.5, 0.6) is 0 Å². The Morgan fingerprint density at radius 2 is 1.93 bits per heavy atom. The van der Waals surface area contributed by atoms with Gasteiger partial charge < -0.3 is 9.64 Å². The molecule has 1 saturated heterocycles. The van der Waals surface area contributed by atoms with Crippen molar-refractivity contribution in [1.82, 2.24) is 9.80 Å². The molecule has 0 radical (unpaired) electrons. The van der Waals surface area contributed by atoms with Gasteiger partial charge in [0.2, 0.25) is 0 Å². The summed E-state index contributed by atoms with van der Waals surface area (Å²) in [7, 11) is 0. The quantitative estimate of drug-likeness (QED) is 0.651. The lowest BCUT2D eigenvalue weighted by Crippen LogP contribution is -2.55. The molecule has 27 heavy (non-hydrogen) atoms. The number of nitrogens with zero attached hydrogens (tertiary/aromatic N) is 2. The van der Waals surface area contributed by atoms with Crippen LogP contribution in [0.4, 0.5) is 4.79 Å². The molecule has 0 aromatic heterocycles. The minimum Gasteiger partial charge on any atom is -0.444 e. The number of likely N-dealkylation sites (tertiary alicyclic amines) is 1. The van der Waals surface area contributed by atoms with Crippen molar-refractivity contribution in [2.75, 3.05) is 26.2 Å². The van der Waals surface area contributed by atoms with E-state index in [1.54, 1.807) is 17.9 Å². The summed E-state index contributed by atoms with van der Waals surface area (Å²) in [5.74, 6) is 0.516. The number of ketones is 1. The van der Waals surface area contributed by atoms with E-state index in [1.807, 2.05) is 32.9 Å². The van der Waals surface area contributed by atoms with E-state index in [9.17, 15) is 9.59 Å². The molecular weight excluding hydrogens is 387 g/mol. The van der Waals surface area contributed by atoms with Crippen LogP contribution >= 0.6 is 23.2 Å². The van der Waals surface area contributed by atoms with Crippen molar-refractivity contribution in [3.8, 4) is 0 Å². The van der Waals surface area contributed by atoms with Gasteiger partial charge in [-0.15, -0.1) is 0 Å². The molecule has 1 aromatic carbocycles. The lowest BCUT2D eigenvalue weighted by Gasteiger charge is -2.42. The number of benzene rings is 1. The minimum atomic E-state index is -0.485. The highest BCUT2D eigenvalue weighted by molar-refractivity contribution is 6.35. The maximum Gasteiger partial charge on any atom is 0.410 e. The van der Waals surface area contributed by atoms with Crippen LogP contribution in [0, 0.1) is 5.92 Å². The number of halogens is 2. The van der Waals surface area contributed by atoms with Gasteiger partial charge in [0.1, 0.15) is 11.4 Å². The highest BCUT2D eigenvalue weighted by Crippen LogP contribution is 2.25. The third-order valence-corrected chi connectivity index (χ3v) is 4.90. The van der Waals surface area contributed by atoms with Crippen LogP contribution in [0.3, 0.4) is 0 Å². The third kappa shape index (κ3) is 7.32. The third-order valence-electron chi connectivity index (χ3n) is 4.31. The predicted octanol–water partition coefficient (Wildman–Crippen LogP) is 4.64. The van der Waals surface area contributed by atoms with Crippen molar-refractivity contribution < 1.29 is 14.3 Å². The molecule has 0 N–H and O–H groups in total. The van der Waals surface area contributed by atoms with Crippen molar-refractivity contribution in [2.24, 2.45) is 5.92 Å². The van der Waals surface area contributed by atoms with E-state index in [4.69, 9.17) is 27.9 Å². The predicted molar refractivity (Wildman–Crippen MR) is 108 cm³/mol. The number of carbonyl (C=O) groups excluding carboxylic acids is 2. The zero-order valence-electron chi connectivity index (χ0n) is 16.4. The fourth-order valence-electron chi connectivity index (χ4n) is 2.97. The molecule has 0 bridgehead atoms. The van der Waals surface area contributed by atoms with Crippen molar-refractivity contribution in [2.45, 2.75) is 46.3 Å². The largest absolute Gasteiger partial charge is 0.444 e. The van der Waals surface area contributed by atoms with Crippen molar-refractivity contribution in [3.63, 3.8) is 0 Å². The van der Waals surface area contributed by atoms with E-state index in [2.05, 4.69) is 4.90 Å². The number of hydrogen-bond donors (Lipinski definition) is 0. The number of amides is 1. The van der Waals surface area contributed by atoms with Crippen molar-refractivity contribution in [3.05, 3.63) is 33.8 Å². The summed E-state index contributed by atoms with van der Waals surface area (Å²) in [6.45, 7) is 10.6. The molecule has 0 spiro atoms. The first-order valence-corrected chi connectivity index (χ1v) is 9.93. The molecular formula is C20H28Cl2N2O3. The Morgan fingerprint density at radius 1 is 1.26 bits per heavy atom. The summed E-state index contributed by atoms with van der Waals surface area (Å²) in [5.41, 5.74) is 0.494. The van der Waals surface area contributed by atoms with Crippen LogP contribution in [-0.2, 0) is 16.1 Å². The van der Waals surface area contributed by atoms with E-state index in [0.717, 1.165) is 12.1 Å². The zero-order chi connectivity index (χ0) is 20.2. The molecule has 1 fully saturated rings. The maximum atomic E-state index is 12.1. The Kier molecular flexibility index (Phi) is 7.55. The van der Waals surface area contributed by atoms with Crippen LogP contribution in [0.1, 0.15) is 39.7 Å². The van der Waals surface area contributed by atoms with Gasteiger partial charge in [-0.25, -0.2) is 4.79 Å². The van der Waals surface area contributed by atoms with Crippen LogP contribution in [0.15, 0.2) is 18.2 Å². The molecule has 5 nitrogen and oxygen atoms in total. The van der Waals surface area contributed by atoms with Gasteiger partial charge >= 0.3 is 6.09 Å². The Labute approximate surface area is 171 Å². The van der Waals surface area contributed by atoms with Gasteiger partial charge in [-0.2, -0.15) is 0 Å². The molecule has 1 aliphatic heterocycles. The summed E-state index contributed by atoms with van der Waals surface area (Å²) in [4.78, 5) is 27.4. The number of rotatable bonds is 7. The average molecular weight is 415 g/mol. The van der Waals surface area contributed by atoms with E-state index >= 15 is 0 Å². The molecule has 1 heterocycles. The van der Waals surface area contributed by atoms with Crippen LogP contribution in [0.25, 0.3) is 0 Å². The molecule has 1 amide bonds. The molecule has 7 heteroatoms. The first-order chi connectivity index (χ1) is 12.5. The normalized spacial score (nSPS) is 15.0. The second-order valence-electron chi connectivity index (χ2n) is 8.17. The van der Waals surface area contributed by atoms with E-state index in [-0.39, 0.29) is 11.9 Å². The second kappa shape index (κ2) is 9.26. The first kappa shape index (κ1) is 22.0. The highest BCUT2D eigenvalue weighted by Gasteiger charge is 2.34. The minimum absolute atomic E-state index is 0.159. The molecule has 1 aromatic rings. The zero-order valence-corrected chi connectivity index (χ0v) is 17.9. The summed E-state index contributed by atoms with van der Waals surface area (Å²) in [6, 6.07) is 5.47. The summed E-state index contributed by atoms with van der Waals surface area (Å²) in [5, 5.41) is 1.23. The van der Waals surface area contributed by atoms with Gasteiger partial charge in [-0.3, -0.25) is 9.69 Å². The second-order valence-corrected chi connectivity index (χ2v) is 9.02. The van der Waals surface area contributed by atoms with Gasteiger partial charge in [0.15, 0.2) is 0 Å². The molecule has 0 saturated carbocycles. The Balaban J connectivity index is 1.92. The van der Waals surface area contributed by atoms with Gasteiger partial charge in [0.25, 0.3) is 0 Å². The fraction of sp³-hybridized carbons (Fsp3) is 0.600. The molecule has 0 unspecified atom stereocenters. The molecule has 1 aliphatic rings. The molecule has 0 aliphatic carbocycles. The first-order valence-electron chi connectivity index (χ1n) is 9.17. The SMILES string of the molecule is CC(=O)CCN(Cc1ccc(Cl)cc1Cl)CC1CN(C(=O)OC(C)(C)C)C1. The lowest BCUT2D eigenvalue weighted by atomic mass is 9.99. The Hall–Kier alpha value is -1.30. The number of carbonyl (C=O) groups is 2. The number of ether oxygens (including phenoxy) is 1. The highest BCUT2D eigenvalue weighted by atomic mass is 35.5. The van der Waals surface area contributed by atoms with E-state index in [0.29, 0.717) is 48.6 Å². The van der Waals surface area contributed by atoms with E-state index < -0.39 is 5.60 Å². The molecule has 150 valence electrons. The Morgan fingerprint density at radius 3 is 2.48 bits per heavy atom. The van der Waals surface area contributed by atoms with Crippen LogP contribution < -0.4 is 0 Å². The summed E-state index contributed by atoms with van der Waals surface area (Å²) < 4.78 is 5.40. The maximum absolute atomic E-state index is 12.1. The topological polar surface area (TPSA) is 49.9 Å². The molecule has 0 atom stereocenters. The number of hydrogen-bond acceptors (Lipinski definition) is 4.